The summed E-state index contributed by atoms with van der Waals surface area (Å²) < 4.78 is 6.37. The minimum atomic E-state index is -0.550. The standard InChI is InChI=1S/C28H29ClN6O5/c1-19(16-40-18-35(38)39)33-9-7-21(8-10-33)22-5-6-26-24(12-22)28(37)34(17-31-26)15-27(36)32(2)14-20-3-4-23(13-30)25(29)11-20/h3-6,11-12,17,21H,1,7-10,14-16,18H2,2H3. The first kappa shape index (κ1) is 28.7. The molecule has 0 bridgehead atoms. The Balaban J connectivity index is 1.41. The lowest BCUT2D eigenvalue weighted by Gasteiger charge is -2.34. The Labute approximate surface area is 236 Å². The Morgan fingerprint density at radius 3 is 2.73 bits per heavy atom. The minimum absolute atomic E-state index is 0.113. The van der Waals surface area contributed by atoms with E-state index in [0.29, 0.717) is 27.2 Å². The molecule has 40 heavy (non-hydrogen) atoms. The zero-order chi connectivity index (χ0) is 28.8. The summed E-state index contributed by atoms with van der Waals surface area (Å²) in [6, 6.07) is 12.7. The van der Waals surface area contributed by atoms with Gasteiger partial charge in [0.1, 0.15) is 12.6 Å². The van der Waals surface area contributed by atoms with Gasteiger partial charge in [0.15, 0.2) is 0 Å². The van der Waals surface area contributed by atoms with Crippen molar-refractivity contribution >= 4 is 28.4 Å². The molecule has 12 heteroatoms. The zero-order valence-corrected chi connectivity index (χ0v) is 22.8. The van der Waals surface area contributed by atoms with Crippen LogP contribution in [0.25, 0.3) is 10.9 Å². The number of nitrogens with zero attached hydrogens (tertiary/aromatic N) is 6. The number of likely N-dealkylation sites (N-methyl/N-ethyl adjacent to an activating group) is 1. The van der Waals surface area contributed by atoms with Crippen LogP contribution in [0.2, 0.25) is 5.02 Å². The molecule has 0 unspecified atom stereocenters. The first-order chi connectivity index (χ1) is 19.2. The predicted octanol–water partition coefficient (Wildman–Crippen LogP) is 3.52. The van der Waals surface area contributed by atoms with Gasteiger partial charge in [0, 0.05) is 37.3 Å². The van der Waals surface area contributed by atoms with Crippen LogP contribution in [0.1, 0.15) is 35.4 Å². The van der Waals surface area contributed by atoms with E-state index in [1.54, 1.807) is 25.2 Å². The van der Waals surface area contributed by atoms with Crippen molar-refractivity contribution in [2.24, 2.45) is 0 Å². The van der Waals surface area contributed by atoms with E-state index in [0.717, 1.165) is 37.1 Å². The van der Waals surface area contributed by atoms with Crippen LogP contribution < -0.4 is 5.56 Å². The van der Waals surface area contributed by atoms with Gasteiger partial charge in [-0.15, -0.1) is 0 Å². The van der Waals surface area contributed by atoms with Crippen molar-refractivity contribution in [2.45, 2.75) is 31.8 Å². The van der Waals surface area contributed by atoms with Crippen LogP contribution in [-0.4, -0.2) is 63.7 Å². The molecule has 1 fully saturated rings. The summed E-state index contributed by atoms with van der Waals surface area (Å²) in [4.78, 5) is 44.1. The van der Waals surface area contributed by atoms with Crippen molar-refractivity contribution in [1.82, 2.24) is 19.4 Å². The Morgan fingerprint density at radius 1 is 1.30 bits per heavy atom. The second-order valence-corrected chi connectivity index (χ2v) is 10.2. The van der Waals surface area contributed by atoms with Gasteiger partial charge in [-0.25, -0.2) is 4.98 Å². The van der Waals surface area contributed by atoms with E-state index in [-0.39, 0.29) is 37.1 Å². The molecule has 1 aliphatic rings. The fourth-order valence-corrected chi connectivity index (χ4v) is 5.02. The van der Waals surface area contributed by atoms with Crippen LogP contribution >= 0.6 is 11.6 Å². The maximum atomic E-state index is 13.3. The first-order valence-corrected chi connectivity index (χ1v) is 13.1. The van der Waals surface area contributed by atoms with Crippen LogP contribution in [0, 0.1) is 21.4 Å². The minimum Gasteiger partial charge on any atom is -0.373 e. The third kappa shape index (κ3) is 6.83. The number of nitriles is 1. The maximum Gasteiger partial charge on any atom is 0.306 e. The van der Waals surface area contributed by atoms with Gasteiger partial charge in [-0.2, -0.15) is 5.26 Å². The highest BCUT2D eigenvalue weighted by molar-refractivity contribution is 6.31. The van der Waals surface area contributed by atoms with Gasteiger partial charge in [0.05, 0.1) is 34.4 Å². The number of hydrogen-bond acceptors (Lipinski definition) is 8. The number of nitro groups is 1. The smallest absolute Gasteiger partial charge is 0.306 e. The number of piperidine rings is 1. The number of ether oxygens (including phenoxy) is 1. The normalized spacial score (nSPS) is 13.7. The number of aromatic nitrogens is 2. The van der Waals surface area contributed by atoms with Crippen LogP contribution in [0.5, 0.6) is 0 Å². The molecule has 11 nitrogen and oxygen atoms in total. The number of hydrogen-bond donors (Lipinski definition) is 0. The molecule has 0 spiro atoms. The number of carbonyl (C=O) groups excluding carboxylic acids is 1. The third-order valence-corrected chi connectivity index (χ3v) is 7.34. The Morgan fingerprint density at radius 2 is 2.05 bits per heavy atom. The van der Waals surface area contributed by atoms with Crippen LogP contribution in [-0.2, 0) is 22.6 Å². The molecule has 1 aliphatic heterocycles. The molecule has 0 radical (unpaired) electrons. The predicted molar refractivity (Wildman–Crippen MR) is 149 cm³/mol. The van der Waals surface area contributed by atoms with Gasteiger partial charge < -0.3 is 14.5 Å². The second kappa shape index (κ2) is 12.7. The number of amides is 1. The summed E-state index contributed by atoms with van der Waals surface area (Å²) in [5.41, 5.74) is 3.15. The number of benzene rings is 2. The third-order valence-electron chi connectivity index (χ3n) is 7.03. The maximum absolute atomic E-state index is 13.3. The largest absolute Gasteiger partial charge is 0.373 e. The van der Waals surface area contributed by atoms with Crippen molar-refractivity contribution < 1.29 is 14.5 Å². The number of fused-ring (bicyclic) bond motifs is 1. The van der Waals surface area contributed by atoms with Crippen molar-refractivity contribution in [3.63, 3.8) is 0 Å². The molecule has 1 aromatic heterocycles. The van der Waals surface area contributed by atoms with Crippen LogP contribution in [0.3, 0.4) is 0 Å². The van der Waals surface area contributed by atoms with Crippen LogP contribution in [0.15, 0.2) is 59.8 Å². The number of rotatable bonds is 10. The summed E-state index contributed by atoms with van der Waals surface area (Å²) in [7, 11) is 1.64. The van der Waals surface area contributed by atoms with Crippen LogP contribution in [0.4, 0.5) is 0 Å². The lowest BCUT2D eigenvalue weighted by molar-refractivity contribution is -0.525. The van der Waals surface area contributed by atoms with Gasteiger partial charge in [-0.3, -0.25) is 24.3 Å². The average molecular weight is 565 g/mol. The van der Waals surface area contributed by atoms with Crippen molar-refractivity contribution in [3.05, 3.63) is 97.2 Å². The van der Waals surface area contributed by atoms with E-state index >= 15 is 0 Å². The molecule has 0 atom stereocenters. The summed E-state index contributed by atoms with van der Waals surface area (Å²) >= 11 is 6.10. The van der Waals surface area contributed by atoms with E-state index in [2.05, 4.69) is 16.5 Å². The Kier molecular flexibility index (Phi) is 9.14. The van der Waals surface area contributed by atoms with Crippen molar-refractivity contribution in [1.29, 1.82) is 5.26 Å². The van der Waals surface area contributed by atoms with E-state index in [1.807, 2.05) is 24.3 Å². The SMILES string of the molecule is C=C(COC[N+](=O)[O-])N1CCC(c2ccc3ncn(CC(=O)N(C)Cc4ccc(C#N)c(Cl)c4)c(=O)c3c2)CC1. The summed E-state index contributed by atoms with van der Waals surface area (Å²) in [5, 5.41) is 20.3. The Hall–Kier alpha value is -4.27. The summed E-state index contributed by atoms with van der Waals surface area (Å²) in [5.74, 6) is -0.0390. The van der Waals surface area contributed by atoms with Gasteiger partial charge in [0.2, 0.25) is 5.91 Å². The molecule has 0 N–H and O–H groups in total. The molecule has 0 saturated carbocycles. The van der Waals surface area contributed by atoms with Gasteiger partial charge >= 0.3 is 6.73 Å². The molecule has 1 saturated heterocycles. The molecule has 208 valence electrons. The highest BCUT2D eigenvalue weighted by atomic mass is 35.5. The topological polar surface area (TPSA) is 135 Å². The fourth-order valence-electron chi connectivity index (χ4n) is 4.78. The number of carbonyl (C=O) groups is 1. The second-order valence-electron chi connectivity index (χ2n) is 9.77. The fraction of sp³-hybridized carbons (Fsp3) is 0.357. The first-order valence-electron chi connectivity index (χ1n) is 12.7. The Bertz CT molecular complexity index is 1540. The van der Waals surface area contributed by atoms with Crippen molar-refractivity contribution in [2.75, 3.05) is 33.5 Å². The summed E-state index contributed by atoms with van der Waals surface area (Å²) in [6.45, 7) is 5.12. The molecular weight excluding hydrogens is 536 g/mol. The molecule has 3 aromatic rings. The highest BCUT2D eigenvalue weighted by Gasteiger charge is 2.22. The highest BCUT2D eigenvalue weighted by Crippen LogP contribution is 2.30. The van der Waals surface area contributed by atoms with E-state index in [4.69, 9.17) is 21.6 Å². The quantitative estimate of drug-likeness (QED) is 0.207. The summed E-state index contributed by atoms with van der Waals surface area (Å²) in [6.07, 6.45) is 3.05. The average Bonchev–Trinajstić information content (AvgIpc) is 2.94. The molecule has 1 amide bonds. The van der Waals surface area contributed by atoms with E-state index < -0.39 is 11.7 Å². The number of halogens is 1. The molecule has 0 aliphatic carbocycles. The lowest BCUT2D eigenvalue weighted by atomic mass is 9.88. The monoisotopic (exact) mass is 564 g/mol. The van der Waals surface area contributed by atoms with Crippen molar-refractivity contribution in [3.8, 4) is 6.07 Å². The molecular formula is C28H29ClN6O5. The molecule has 2 aromatic carbocycles. The zero-order valence-electron chi connectivity index (χ0n) is 22.1. The molecule has 2 heterocycles. The number of likely N-dealkylation sites (tertiary alicyclic amines) is 1. The van der Waals surface area contributed by atoms with Gasteiger partial charge in [-0.1, -0.05) is 30.3 Å². The lowest BCUT2D eigenvalue weighted by Crippen LogP contribution is -2.34. The van der Waals surface area contributed by atoms with E-state index in [9.17, 15) is 19.7 Å². The van der Waals surface area contributed by atoms with Gasteiger partial charge in [-0.05, 0) is 54.2 Å². The van der Waals surface area contributed by atoms with Gasteiger partial charge in [0.25, 0.3) is 5.56 Å². The van der Waals surface area contributed by atoms with E-state index in [1.165, 1.54) is 15.8 Å². The molecule has 4 rings (SSSR count).